The lowest BCUT2D eigenvalue weighted by Gasteiger charge is -2.33. The molecule has 1 aliphatic carbocycles. The molecule has 3 atom stereocenters. The summed E-state index contributed by atoms with van der Waals surface area (Å²) in [6.07, 6.45) is 9.23. The molecule has 3 fully saturated rings. The molecule has 5 rings (SSSR count). The molecular weight excluding hydrogens is 402 g/mol. The van der Waals surface area contributed by atoms with Crippen molar-refractivity contribution < 1.29 is 14.7 Å². The molecule has 2 saturated heterocycles. The summed E-state index contributed by atoms with van der Waals surface area (Å²) in [7, 11) is 0. The summed E-state index contributed by atoms with van der Waals surface area (Å²) in [6, 6.07) is 15.0. The Morgan fingerprint density at radius 1 is 1.09 bits per heavy atom. The van der Waals surface area contributed by atoms with E-state index in [1.54, 1.807) is 6.20 Å². The second kappa shape index (κ2) is 10.7. The smallest absolute Gasteiger partial charge is 0.290 e. The third-order valence-electron chi connectivity index (χ3n) is 7.29. The van der Waals surface area contributed by atoms with Crippen LogP contribution in [0.3, 0.4) is 0 Å². The van der Waals surface area contributed by atoms with Crippen LogP contribution in [-0.2, 0) is 16.0 Å². The van der Waals surface area contributed by atoms with Crippen LogP contribution in [0.2, 0.25) is 0 Å². The Labute approximate surface area is 190 Å². The van der Waals surface area contributed by atoms with E-state index in [1.807, 2.05) is 12.3 Å². The van der Waals surface area contributed by atoms with Gasteiger partial charge in [-0.2, -0.15) is 0 Å². The molecule has 1 N–H and O–H groups in total. The van der Waals surface area contributed by atoms with Gasteiger partial charge in [-0.15, -0.1) is 0 Å². The van der Waals surface area contributed by atoms with Gasteiger partial charge in [0.1, 0.15) is 0 Å². The molecule has 0 bridgehead atoms. The minimum absolute atomic E-state index is 0.231. The number of carboxylic acid groups (broad SMARTS) is 1. The quantitative estimate of drug-likeness (QED) is 0.701. The van der Waals surface area contributed by atoms with Gasteiger partial charge in [-0.25, -0.2) is 0 Å². The van der Waals surface area contributed by atoms with Crippen LogP contribution in [0.15, 0.2) is 54.9 Å². The SMILES string of the molecule is O=C(CCc1cccnc1)N1C[C@@H]2CN(CC3CCC3)C[C@@H]2[C@H]1c1ccccc1.O=CO. The number of carbonyl (C=O) groups is 2. The number of likely N-dealkylation sites (tertiary alicyclic amines) is 2. The van der Waals surface area contributed by atoms with Gasteiger partial charge < -0.3 is 14.9 Å². The van der Waals surface area contributed by atoms with Crippen molar-refractivity contribution in [3.8, 4) is 0 Å². The van der Waals surface area contributed by atoms with Crippen molar-refractivity contribution in [2.75, 3.05) is 26.2 Å². The summed E-state index contributed by atoms with van der Waals surface area (Å²) in [5.41, 5.74) is 2.45. The molecule has 3 aliphatic rings. The maximum Gasteiger partial charge on any atom is 0.290 e. The Bertz CT molecular complexity index is 872. The van der Waals surface area contributed by atoms with Gasteiger partial charge in [0.2, 0.25) is 5.91 Å². The van der Waals surface area contributed by atoms with Gasteiger partial charge in [-0.1, -0.05) is 42.8 Å². The molecule has 6 nitrogen and oxygen atoms in total. The summed E-state index contributed by atoms with van der Waals surface area (Å²) in [6.45, 7) is 4.24. The second-order valence-electron chi connectivity index (χ2n) is 9.31. The van der Waals surface area contributed by atoms with E-state index in [0.717, 1.165) is 37.5 Å². The Hall–Kier alpha value is -2.73. The van der Waals surface area contributed by atoms with Gasteiger partial charge in [0.05, 0.1) is 6.04 Å². The molecule has 32 heavy (non-hydrogen) atoms. The van der Waals surface area contributed by atoms with Crippen LogP contribution in [0, 0.1) is 17.8 Å². The number of amides is 1. The number of aromatic nitrogens is 1. The number of benzene rings is 1. The van der Waals surface area contributed by atoms with Gasteiger partial charge in [-0.3, -0.25) is 14.6 Å². The predicted molar refractivity (Wildman–Crippen MR) is 123 cm³/mol. The molecule has 1 aromatic heterocycles. The molecule has 2 aliphatic heterocycles. The molecule has 2 aromatic rings. The van der Waals surface area contributed by atoms with Gasteiger partial charge in [0.25, 0.3) is 6.47 Å². The van der Waals surface area contributed by atoms with Crippen molar-refractivity contribution in [3.63, 3.8) is 0 Å². The van der Waals surface area contributed by atoms with E-state index in [-0.39, 0.29) is 12.5 Å². The summed E-state index contributed by atoms with van der Waals surface area (Å²) in [5.74, 6) is 2.39. The van der Waals surface area contributed by atoms with Crippen LogP contribution in [0.5, 0.6) is 0 Å². The molecule has 0 radical (unpaired) electrons. The predicted octanol–water partition coefficient (Wildman–Crippen LogP) is 3.65. The molecular formula is C26H33N3O3. The Morgan fingerprint density at radius 2 is 1.88 bits per heavy atom. The maximum absolute atomic E-state index is 13.2. The number of hydrogen-bond donors (Lipinski definition) is 1. The minimum Gasteiger partial charge on any atom is -0.483 e. The number of rotatable bonds is 6. The molecule has 6 heteroatoms. The molecule has 1 aromatic carbocycles. The van der Waals surface area contributed by atoms with Crippen molar-refractivity contribution in [1.82, 2.24) is 14.8 Å². The third kappa shape index (κ3) is 5.18. The van der Waals surface area contributed by atoms with Gasteiger partial charge in [0.15, 0.2) is 0 Å². The Morgan fingerprint density at radius 3 is 2.53 bits per heavy atom. The standard InChI is InChI=1S/C25H31N3O.CH2O2/c29-24(12-11-19-8-5-13-26-14-19)28-17-22-16-27(15-20-6-4-7-20)18-23(22)25(28)21-9-2-1-3-10-21;2-1-3/h1-3,5,8-10,13-14,20,22-23,25H,4,6-7,11-12,15-18H2;1H,(H,2,3)/t22-,23-,25+;/m0./s1. The van der Waals surface area contributed by atoms with E-state index < -0.39 is 0 Å². The zero-order valence-corrected chi connectivity index (χ0v) is 18.6. The van der Waals surface area contributed by atoms with Crippen LogP contribution in [0.4, 0.5) is 0 Å². The summed E-state index contributed by atoms with van der Waals surface area (Å²) in [4.78, 5) is 30.7. The first-order valence-corrected chi connectivity index (χ1v) is 11.7. The van der Waals surface area contributed by atoms with Crippen molar-refractivity contribution in [1.29, 1.82) is 0 Å². The topological polar surface area (TPSA) is 73.7 Å². The van der Waals surface area contributed by atoms with Crippen LogP contribution in [0.1, 0.15) is 42.9 Å². The second-order valence-corrected chi connectivity index (χ2v) is 9.31. The minimum atomic E-state index is -0.250. The molecule has 170 valence electrons. The van der Waals surface area contributed by atoms with Crippen molar-refractivity contribution >= 4 is 12.4 Å². The highest BCUT2D eigenvalue weighted by molar-refractivity contribution is 5.77. The largest absolute Gasteiger partial charge is 0.483 e. The first-order valence-electron chi connectivity index (χ1n) is 11.7. The number of pyridine rings is 1. The normalized spacial score (nSPS) is 24.9. The van der Waals surface area contributed by atoms with E-state index in [2.05, 4.69) is 51.2 Å². The van der Waals surface area contributed by atoms with Crippen molar-refractivity contribution in [2.45, 2.75) is 38.1 Å². The van der Waals surface area contributed by atoms with Gasteiger partial charge in [0, 0.05) is 50.9 Å². The van der Waals surface area contributed by atoms with Gasteiger partial charge >= 0.3 is 0 Å². The number of carbonyl (C=O) groups excluding carboxylic acids is 1. The number of fused-ring (bicyclic) bond motifs is 1. The molecule has 1 saturated carbocycles. The fraction of sp³-hybridized carbons (Fsp3) is 0.500. The first-order chi connectivity index (χ1) is 15.7. The monoisotopic (exact) mass is 435 g/mol. The Kier molecular flexibility index (Phi) is 7.53. The molecule has 0 spiro atoms. The van der Waals surface area contributed by atoms with E-state index in [0.29, 0.717) is 24.2 Å². The fourth-order valence-corrected chi connectivity index (χ4v) is 5.60. The first kappa shape index (κ1) is 22.5. The highest BCUT2D eigenvalue weighted by atomic mass is 16.3. The average Bonchev–Trinajstić information content (AvgIpc) is 3.34. The maximum atomic E-state index is 13.2. The zero-order valence-electron chi connectivity index (χ0n) is 18.6. The lowest BCUT2D eigenvalue weighted by Crippen LogP contribution is -2.37. The highest BCUT2D eigenvalue weighted by Gasteiger charge is 2.49. The van der Waals surface area contributed by atoms with Crippen LogP contribution >= 0.6 is 0 Å². The van der Waals surface area contributed by atoms with E-state index in [9.17, 15) is 4.79 Å². The summed E-state index contributed by atoms with van der Waals surface area (Å²) < 4.78 is 0. The van der Waals surface area contributed by atoms with E-state index >= 15 is 0 Å². The van der Waals surface area contributed by atoms with E-state index in [1.165, 1.54) is 31.4 Å². The molecule has 1 amide bonds. The van der Waals surface area contributed by atoms with E-state index in [4.69, 9.17) is 9.90 Å². The number of aryl methyl sites for hydroxylation is 1. The lowest BCUT2D eigenvalue weighted by atomic mass is 9.85. The third-order valence-corrected chi connectivity index (χ3v) is 7.29. The molecule has 3 heterocycles. The summed E-state index contributed by atoms with van der Waals surface area (Å²) in [5, 5.41) is 6.89. The highest BCUT2D eigenvalue weighted by Crippen LogP contribution is 2.45. The fourth-order valence-electron chi connectivity index (χ4n) is 5.60. The zero-order chi connectivity index (χ0) is 22.3. The average molecular weight is 436 g/mol. The van der Waals surface area contributed by atoms with Crippen LogP contribution in [-0.4, -0.2) is 58.4 Å². The summed E-state index contributed by atoms with van der Waals surface area (Å²) >= 11 is 0. The Balaban J connectivity index is 0.000000775. The number of hydrogen-bond acceptors (Lipinski definition) is 4. The molecule has 0 unspecified atom stereocenters. The van der Waals surface area contributed by atoms with Crippen LogP contribution < -0.4 is 0 Å². The van der Waals surface area contributed by atoms with Crippen molar-refractivity contribution in [3.05, 3.63) is 66.0 Å². The van der Waals surface area contributed by atoms with Crippen molar-refractivity contribution in [2.24, 2.45) is 17.8 Å². The van der Waals surface area contributed by atoms with Crippen LogP contribution in [0.25, 0.3) is 0 Å². The van der Waals surface area contributed by atoms with Gasteiger partial charge in [-0.05, 0) is 48.3 Å². The number of nitrogens with zero attached hydrogens (tertiary/aromatic N) is 3. The lowest BCUT2D eigenvalue weighted by molar-refractivity contribution is -0.132.